The molecular formula is C26H25N7O. The Morgan fingerprint density at radius 2 is 1.85 bits per heavy atom. The molecular weight excluding hydrogens is 426 g/mol. The van der Waals surface area contributed by atoms with Crippen LogP contribution in [-0.4, -0.2) is 55.5 Å². The van der Waals surface area contributed by atoms with E-state index in [4.69, 9.17) is 0 Å². The van der Waals surface area contributed by atoms with E-state index in [0.717, 1.165) is 22.4 Å². The molecule has 34 heavy (non-hydrogen) atoms. The first-order valence-corrected chi connectivity index (χ1v) is 11.3. The Morgan fingerprint density at radius 3 is 2.62 bits per heavy atom. The minimum atomic E-state index is 0.0188. The largest absolute Gasteiger partial charge is 0.349 e. The van der Waals surface area contributed by atoms with Gasteiger partial charge in [0.1, 0.15) is 18.0 Å². The van der Waals surface area contributed by atoms with E-state index in [2.05, 4.69) is 39.8 Å². The van der Waals surface area contributed by atoms with Crippen molar-refractivity contribution < 1.29 is 4.79 Å². The maximum atomic E-state index is 13.1. The Bertz CT molecular complexity index is 1410. The molecule has 1 aliphatic heterocycles. The van der Waals surface area contributed by atoms with Gasteiger partial charge in [-0.1, -0.05) is 18.2 Å². The molecule has 3 aromatic heterocycles. The highest BCUT2D eigenvalue weighted by Gasteiger charge is 2.34. The first kappa shape index (κ1) is 21.6. The van der Waals surface area contributed by atoms with Crippen LogP contribution in [0.3, 0.4) is 0 Å². The number of amides is 1. The second-order valence-corrected chi connectivity index (χ2v) is 8.77. The van der Waals surface area contributed by atoms with E-state index >= 15 is 0 Å². The number of carbonyl (C=O) groups is 1. The SMILES string of the molecule is Cc1cn(-c2cc(C#N)ccn2)c2ncnc(N3C[C@@H](C)N(C(=O)c4ccccc4)C[C@@H]3C)c12. The van der Waals surface area contributed by atoms with Crippen molar-refractivity contribution in [1.82, 2.24) is 24.4 Å². The molecule has 8 nitrogen and oxygen atoms in total. The van der Waals surface area contributed by atoms with Gasteiger partial charge in [0.25, 0.3) is 5.91 Å². The molecule has 0 saturated carbocycles. The summed E-state index contributed by atoms with van der Waals surface area (Å²) in [5, 5.41) is 10.2. The molecule has 1 aromatic carbocycles. The van der Waals surface area contributed by atoms with Crippen LogP contribution in [-0.2, 0) is 0 Å². The predicted octanol–water partition coefficient (Wildman–Crippen LogP) is 3.74. The summed E-state index contributed by atoms with van der Waals surface area (Å²) in [5.74, 6) is 1.54. The first-order valence-electron chi connectivity index (χ1n) is 11.3. The van der Waals surface area contributed by atoms with Crippen LogP contribution >= 0.6 is 0 Å². The zero-order valence-corrected chi connectivity index (χ0v) is 19.4. The van der Waals surface area contributed by atoms with Crippen molar-refractivity contribution in [3.63, 3.8) is 0 Å². The molecule has 1 amide bonds. The lowest BCUT2D eigenvalue weighted by Crippen LogP contribution is -2.58. The third-order valence-electron chi connectivity index (χ3n) is 6.41. The van der Waals surface area contributed by atoms with Gasteiger partial charge in [-0.2, -0.15) is 5.26 Å². The van der Waals surface area contributed by atoms with Gasteiger partial charge < -0.3 is 9.80 Å². The number of aromatic nitrogens is 4. The molecule has 5 rings (SSSR count). The second-order valence-electron chi connectivity index (χ2n) is 8.77. The molecule has 0 N–H and O–H groups in total. The summed E-state index contributed by atoms with van der Waals surface area (Å²) in [7, 11) is 0. The lowest BCUT2D eigenvalue weighted by Gasteiger charge is -2.45. The number of rotatable bonds is 3. The van der Waals surface area contributed by atoms with Crippen LogP contribution in [0.1, 0.15) is 35.3 Å². The van der Waals surface area contributed by atoms with Crippen LogP contribution in [0.2, 0.25) is 0 Å². The maximum Gasteiger partial charge on any atom is 0.254 e. The second kappa shape index (κ2) is 8.60. The fourth-order valence-corrected chi connectivity index (χ4v) is 4.69. The van der Waals surface area contributed by atoms with Gasteiger partial charge in [-0.3, -0.25) is 9.36 Å². The number of hydrogen-bond donors (Lipinski definition) is 0. The van der Waals surface area contributed by atoms with Gasteiger partial charge in [-0.25, -0.2) is 15.0 Å². The molecule has 4 aromatic rings. The lowest BCUT2D eigenvalue weighted by atomic mass is 10.1. The molecule has 1 saturated heterocycles. The van der Waals surface area contributed by atoms with Gasteiger partial charge in [0.05, 0.1) is 17.0 Å². The summed E-state index contributed by atoms with van der Waals surface area (Å²) in [5.41, 5.74) is 3.02. The molecule has 170 valence electrons. The number of carbonyl (C=O) groups excluding carboxylic acids is 1. The third kappa shape index (κ3) is 3.65. The monoisotopic (exact) mass is 451 g/mol. The van der Waals surface area contributed by atoms with Gasteiger partial charge in [0.15, 0.2) is 5.65 Å². The van der Waals surface area contributed by atoms with Crippen molar-refractivity contribution in [2.45, 2.75) is 32.9 Å². The average molecular weight is 452 g/mol. The van der Waals surface area contributed by atoms with Crippen LogP contribution in [0.15, 0.2) is 61.2 Å². The van der Waals surface area contributed by atoms with Crippen LogP contribution < -0.4 is 4.90 Å². The van der Waals surface area contributed by atoms with Crippen LogP contribution in [0.5, 0.6) is 0 Å². The highest BCUT2D eigenvalue weighted by atomic mass is 16.2. The summed E-state index contributed by atoms with van der Waals surface area (Å²) in [6.07, 6.45) is 5.18. The van der Waals surface area contributed by atoms with E-state index in [1.54, 1.807) is 24.7 Å². The molecule has 1 aliphatic rings. The minimum absolute atomic E-state index is 0.0188. The Balaban J connectivity index is 1.50. The van der Waals surface area contributed by atoms with Gasteiger partial charge in [0, 0.05) is 43.1 Å². The molecule has 1 fully saturated rings. The summed E-state index contributed by atoms with van der Waals surface area (Å²) in [6.45, 7) is 7.50. The molecule has 0 radical (unpaired) electrons. The first-order chi connectivity index (χ1) is 16.5. The molecule has 8 heteroatoms. The number of hydrogen-bond acceptors (Lipinski definition) is 6. The molecule has 0 bridgehead atoms. The topological polar surface area (TPSA) is 90.9 Å². The van der Waals surface area contributed by atoms with Crippen molar-refractivity contribution in [3.05, 3.63) is 77.9 Å². The number of pyridine rings is 1. The quantitative estimate of drug-likeness (QED) is 0.471. The van der Waals surface area contributed by atoms with E-state index in [0.29, 0.717) is 30.0 Å². The Morgan fingerprint density at radius 1 is 1.06 bits per heavy atom. The van der Waals surface area contributed by atoms with Crippen molar-refractivity contribution in [1.29, 1.82) is 5.26 Å². The third-order valence-corrected chi connectivity index (χ3v) is 6.41. The number of fused-ring (bicyclic) bond motifs is 1. The number of anilines is 1. The normalized spacial score (nSPS) is 18.2. The smallest absolute Gasteiger partial charge is 0.254 e. The fourth-order valence-electron chi connectivity index (χ4n) is 4.69. The summed E-state index contributed by atoms with van der Waals surface area (Å²) in [6, 6.07) is 15.1. The van der Waals surface area contributed by atoms with Gasteiger partial charge in [-0.15, -0.1) is 0 Å². The van der Waals surface area contributed by atoms with Gasteiger partial charge >= 0.3 is 0 Å². The zero-order chi connectivity index (χ0) is 23.8. The number of piperazine rings is 1. The summed E-state index contributed by atoms with van der Waals surface area (Å²) >= 11 is 0. The van der Waals surface area contributed by atoms with E-state index in [1.165, 1.54) is 0 Å². The van der Waals surface area contributed by atoms with Crippen molar-refractivity contribution in [3.8, 4) is 11.9 Å². The van der Waals surface area contributed by atoms with Crippen molar-refractivity contribution in [2.24, 2.45) is 0 Å². The van der Waals surface area contributed by atoms with Crippen molar-refractivity contribution >= 4 is 22.8 Å². The molecule has 2 atom stereocenters. The van der Waals surface area contributed by atoms with E-state index < -0.39 is 0 Å². The average Bonchev–Trinajstić information content (AvgIpc) is 3.22. The maximum absolute atomic E-state index is 13.1. The van der Waals surface area contributed by atoms with Crippen LogP contribution in [0.25, 0.3) is 16.9 Å². The van der Waals surface area contributed by atoms with Crippen LogP contribution in [0, 0.1) is 18.3 Å². The lowest BCUT2D eigenvalue weighted by molar-refractivity contribution is 0.0644. The highest BCUT2D eigenvalue weighted by Crippen LogP contribution is 2.32. The zero-order valence-electron chi connectivity index (χ0n) is 19.4. The predicted molar refractivity (Wildman–Crippen MR) is 130 cm³/mol. The van der Waals surface area contributed by atoms with E-state index in [-0.39, 0.29) is 18.0 Å². The number of benzene rings is 1. The van der Waals surface area contributed by atoms with Crippen molar-refractivity contribution in [2.75, 3.05) is 18.0 Å². The molecule has 0 unspecified atom stereocenters. The number of nitriles is 1. The fraction of sp³-hybridized carbons (Fsp3) is 0.269. The highest BCUT2D eigenvalue weighted by molar-refractivity contribution is 5.95. The van der Waals surface area contributed by atoms with E-state index in [9.17, 15) is 10.1 Å². The Labute approximate surface area is 198 Å². The van der Waals surface area contributed by atoms with Gasteiger partial charge in [0.2, 0.25) is 0 Å². The standard InChI is InChI=1S/C26H25N7O/c1-17-13-33(22-11-20(12-27)9-10-28-22)25-23(17)24(29-16-30-25)31-14-19(3)32(15-18(31)2)26(34)21-7-5-4-6-8-21/h4-11,13,16,18-19H,14-15H2,1-3H3/t18-,19+/m0/s1. The number of nitrogens with zero attached hydrogens (tertiary/aromatic N) is 7. The Kier molecular flexibility index (Phi) is 5.46. The Hall–Kier alpha value is -4.25. The molecule has 0 aliphatic carbocycles. The molecule has 0 spiro atoms. The van der Waals surface area contributed by atoms with Gasteiger partial charge in [-0.05, 0) is 50.6 Å². The van der Waals surface area contributed by atoms with Crippen LogP contribution in [0.4, 0.5) is 5.82 Å². The molecule has 4 heterocycles. The van der Waals surface area contributed by atoms with E-state index in [1.807, 2.05) is 52.9 Å². The number of aryl methyl sites for hydroxylation is 1. The summed E-state index contributed by atoms with van der Waals surface area (Å²) < 4.78 is 1.90. The summed E-state index contributed by atoms with van der Waals surface area (Å²) in [4.78, 5) is 31.0. The minimum Gasteiger partial charge on any atom is -0.349 e.